The van der Waals surface area contributed by atoms with E-state index in [2.05, 4.69) is 21.2 Å². The summed E-state index contributed by atoms with van der Waals surface area (Å²) in [5, 5.41) is 2.89. The Morgan fingerprint density at radius 2 is 1.67 bits per heavy atom. The molecule has 0 bridgehead atoms. The van der Waals surface area contributed by atoms with Crippen molar-refractivity contribution in [3.8, 4) is 11.5 Å². The summed E-state index contributed by atoms with van der Waals surface area (Å²) < 4.78 is 54.7. The van der Waals surface area contributed by atoms with Gasteiger partial charge in [-0.25, -0.2) is 12.8 Å². The molecule has 1 N–H and O–H groups in total. The van der Waals surface area contributed by atoms with Crippen LogP contribution in [0.15, 0.2) is 76.1 Å². The smallest absolute Gasteiger partial charge is 0.264 e. The van der Waals surface area contributed by atoms with Crippen LogP contribution in [0.1, 0.15) is 33.3 Å². The normalized spacial score (nSPS) is 13.7. The van der Waals surface area contributed by atoms with Gasteiger partial charge in [-0.3, -0.25) is 13.9 Å². The van der Waals surface area contributed by atoms with E-state index in [0.29, 0.717) is 12.4 Å². The van der Waals surface area contributed by atoms with E-state index < -0.39 is 45.8 Å². The fourth-order valence-corrected chi connectivity index (χ4v) is 6.21. The Labute approximate surface area is 253 Å². The van der Waals surface area contributed by atoms with Gasteiger partial charge in [0.05, 0.1) is 10.6 Å². The van der Waals surface area contributed by atoms with Crippen LogP contribution in [0.3, 0.4) is 0 Å². The highest BCUT2D eigenvalue weighted by Crippen LogP contribution is 2.34. The zero-order valence-corrected chi connectivity index (χ0v) is 26.2. The zero-order chi connectivity index (χ0) is 30.7. The summed E-state index contributed by atoms with van der Waals surface area (Å²) in [4.78, 5) is 28.4. The lowest BCUT2D eigenvalue weighted by atomic mass is 10.1. The number of anilines is 1. The third kappa shape index (κ3) is 7.60. The quantitative estimate of drug-likeness (QED) is 0.350. The molecule has 3 aromatic carbocycles. The molecule has 2 amide bonds. The lowest BCUT2D eigenvalue weighted by Crippen LogP contribution is -2.54. The molecule has 0 unspecified atom stereocenters. The highest BCUT2D eigenvalue weighted by Gasteiger charge is 2.34. The molecule has 1 aliphatic rings. The molecule has 0 aromatic heterocycles. The summed E-state index contributed by atoms with van der Waals surface area (Å²) in [5.41, 5.74) is 0.252. The van der Waals surface area contributed by atoms with Gasteiger partial charge in [0.1, 0.15) is 31.6 Å². The van der Waals surface area contributed by atoms with Crippen molar-refractivity contribution in [1.29, 1.82) is 0 Å². The molecule has 0 radical (unpaired) electrons. The van der Waals surface area contributed by atoms with Crippen LogP contribution in [0.2, 0.25) is 0 Å². The van der Waals surface area contributed by atoms with Gasteiger partial charge in [0.2, 0.25) is 11.8 Å². The van der Waals surface area contributed by atoms with E-state index in [1.807, 2.05) is 39.0 Å². The lowest BCUT2D eigenvalue weighted by molar-refractivity contribution is -0.140. The van der Waals surface area contributed by atoms with Gasteiger partial charge in [-0.05, 0) is 81.8 Å². The molecule has 1 atom stereocenters. The number of fused-ring (bicyclic) bond motifs is 1. The Morgan fingerprint density at radius 1 is 1.00 bits per heavy atom. The molecule has 0 saturated carbocycles. The monoisotopic (exact) mass is 661 g/mol. The Kier molecular flexibility index (Phi) is 9.47. The number of halogens is 2. The third-order valence-electron chi connectivity index (χ3n) is 6.40. The molecule has 0 spiro atoms. The topological polar surface area (TPSA) is 105 Å². The average molecular weight is 663 g/mol. The number of carbonyl (C=O) groups is 2. The van der Waals surface area contributed by atoms with Gasteiger partial charge in [-0.2, -0.15) is 0 Å². The minimum Gasteiger partial charge on any atom is -0.486 e. The first-order chi connectivity index (χ1) is 19.7. The first-order valence-corrected chi connectivity index (χ1v) is 15.5. The molecule has 0 fully saturated rings. The maximum absolute atomic E-state index is 14.0. The summed E-state index contributed by atoms with van der Waals surface area (Å²) in [6, 6.07) is 15.3. The minimum absolute atomic E-state index is 0.0400. The Balaban J connectivity index is 1.73. The van der Waals surface area contributed by atoms with Gasteiger partial charge in [0.15, 0.2) is 11.5 Å². The number of rotatable bonds is 9. The van der Waals surface area contributed by atoms with E-state index in [-0.39, 0.29) is 29.5 Å². The molecule has 0 aliphatic carbocycles. The molecular formula is C30H33BrFN3O6S. The van der Waals surface area contributed by atoms with Crippen molar-refractivity contribution in [3.05, 3.63) is 82.6 Å². The number of carbonyl (C=O) groups excluding carboxylic acids is 2. The van der Waals surface area contributed by atoms with Crippen molar-refractivity contribution in [3.63, 3.8) is 0 Å². The van der Waals surface area contributed by atoms with Crippen LogP contribution in [0.5, 0.6) is 11.5 Å². The van der Waals surface area contributed by atoms with Gasteiger partial charge in [0.25, 0.3) is 10.0 Å². The van der Waals surface area contributed by atoms with Crippen molar-refractivity contribution in [2.24, 2.45) is 0 Å². The van der Waals surface area contributed by atoms with Crippen molar-refractivity contribution < 1.29 is 31.9 Å². The standard InChI is InChI=1S/C30H33BrFN3O6S/c1-20(29(37)33-30(2,3)4)34(18-21-6-5-7-22(31)16-21)28(36)19-35(24-10-8-23(32)9-11-24)42(38,39)25-12-13-26-27(17-25)41-15-14-40-26/h5-13,16-17,20H,14-15,18-19H2,1-4H3,(H,33,37)/t20-/m1/s1. The van der Waals surface area contributed by atoms with E-state index in [1.165, 1.54) is 35.2 Å². The largest absolute Gasteiger partial charge is 0.486 e. The maximum atomic E-state index is 14.0. The van der Waals surface area contributed by atoms with Gasteiger partial charge in [-0.15, -0.1) is 0 Å². The fraction of sp³-hybridized carbons (Fsp3) is 0.333. The molecular weight excluding hydrogens is 629 g/mol. The summed E-state index contributed by atoms with van der Waals surface area (Å²) in [5.74, 6) is -0.920. The summed E-state index contributed by atoms with van der Waals surface area (Å²) in [6.45, 7) is 7.06. The first-order valence-electron chi connectivity index (χ1n) is 13.3. The highest BCUT2D eigenvalue weighted by molar-refractivity contribution is 9.10. The van der Waals surface area contributed by atoms with E-state index in [4.69, 9.17) is 9.47 Å². The summed E-state index contributed by atoms with van der Waals surface area (Å²) in [6.07, 6.45) is 0. The molecule has 42 heavy (non-hydrogen) atoms. The van der Waals surface area contributed by atoms with Gasteiger partial charge >= 0.3 is 0 Å². The van der Waals surface area contributed by atoms with E-state index in [1.54, 1.807) is 13.0 Å². The molecule has 1 aliphatic heterocycles. The number of nitrogens with zero attached hydrogens (tertiary/aromatic N) is 2. The second-order valence-electron chi connectivity index (χ2n) is 10.9. The van der Waals surface area contributed by atoms with Crippen LogP contribution in [-0.2, 0) is 26.2 Å². The number of sulfonamides is 1. The first kappa shape index (κ1) is 31.3. The SMILES string of the molecule is C[C@H](C(=O)NC(C)(C)C)N(Cc1cccc(Br)c1)C(=O)CN(c1ccc(F)cc1)S(=O)(=O)c1ccc2c(c1)OCCO2. The summed E-state index contributed by atoms with van der Waals surface area (Å²) in [7, 11) is -4.36. The maximum Gasteiger partial charge on any atom is 0.264 e. The number of benzene rings is 3. The number of ether oxygens (including phenoxy) is 2. The molecule has 3 aromatic rings. The van der Waals surface area contributed by atoms with Crippen LogP contribution >= 0.6 is 15.9 Å². The summed E-state index contributed by atoms with van der Waals surface area (Å²) >= 11 is 3.43. The van der Waals surface area contributed by atoms with E-state index >= 15 is 0 Å². The number of hydrogen-bond donors (Lipinski definition) is 1. The number of nitrogens with one attached hydrogen (secondary N) is 1. The van der Waals surface area contributed by atoms with Gasteiger partial charge < -0.3 is 19.7 Å². The van der Waals surface area contributed by atoms with Crippen LogP contribution in [0.25, 0.3) is 0 Å². The second kappa shape index (κ2) is 12.7. The van der Waals surface area contributed by atoms with Gasteiger partial charge in [-0.1, -0.05) is 28.1 Å². The van der Waals surface area contributed by atoms with Crippen LogP contribution in [0.4, 0.5) is 10.1 Å². The van der Waals surface area contributed by atoms with Crippen molar-refractivity contribution in [2.45, 2.75) is 50.7 Å². The van der Waals surface area contributed by atoms with Crippen molar-refractivity contribution in [1.82, 2.24) is 10.2 Å². The van der Waals surface area contributed by atoms with Crippen LogP contribution in [0, 0.1) is 5.82 Å². The second-order valence-corrected chi connectivity index (χ2v) is 13.6. The fourth-order valence-electron chi connectivity index (χ4n) is 4.34. The van der Waals surface area contributed by atoms with E-state index in [9.17, 15) is 22.4 Å². The average Bonchev–Trinajstić information content (AvgIpc) is 2.93. The molecule has 4 rings (SSSR count). The molecule has 0 saturated heterocycles. The van der Waals surface area contributed by atoms with E-state index in [0.717, 1.165) is 26.5 Å². The van der Waals surface area contributed by atoms with Gasteiger partial charge in [0, 0.05) is 22.6 Å². The lowest BCUT2D eigenvalue weighted by Gasteiger charge is -2.33. The predicted octanol–water partition coefficient (Wildman–Crippen LogP) is 4.89. The molecule has 224 valence electrons. The zero-order valence-electron chi connectivity index (χ0n) is 23.8. The Hall–Kier alpha value is -3.64. The van der Waals surface area contributed by atoms with Crippen LogP contribution < -0.4 is 19.1 Å². The molecule has 1 heterocycles. The Morgan fingerprint density at radius 3 is 2.31 bits per heavy atom. The molecule has 9 nitrogen and oxygen atoms in total. The number of hydrogen-bond acceptors (Lipinski definition) is 6. The van der Waals surface area contributed by atoms with Crippen molar-refractivity contribution >= 4 is 43.5 Å². The number of amides is 2. The minimum atomic E-state index is -4.36. The third-order valence-corrected chi connectivity index (χ3v) is 8.67. The van der Waals surface area contributed by atoms with Crippen molar-refractivity contribution in [2.75, 3.05) is 24.1 Å². The Bertz CT molecular complexity index is 1560. The predicted molar refractivity (Wildman–Crippen MR) is 160 cm³/mol. The van der Waals surface area contributed by atoms with Crippen LogP contribution in [-0.4, -0.2) is 56.5 Å². The highest BCUT2D eigenvalue weighted by atomic mass is 79.9. The molecule has 12 heteroatoms.